The largest absolute Gasteiger partial charge is 0.391 e. The van der Waals surface area contributed by atoms with Crippen LogP contribution in [0.15, 0.2) is 30.3 Å². The van der Waals surface area contributed by atoms with E-state index >= 15 is 0 Å². The maximum atomic E-state index is 12.0. The highest BCUT2D eigenvalue weighted by atomic mass is 16.3. The smallest absolute Gasteiger partial charge is 0.239 e. The molecule has 0 aromatic heterocycles. The molecule has 1 aromatic rings. The van der Waals surface area contributed by atoms with Crippen LogP contribution in [0.5, 0.6) is 0 Å². The number of aliphatic hydroxyl groups excluding tert-OH is 1. The van der Waals surface area contributed by atoms with E-state index in [0.717, 1.165) is 25.1 Å². The molecule has 1 fully saturated rings. The van der Waals surface area contributed by atoms with E-state index in [1.807, 2.05) is 42.2 Å². The van der Waals surface area contributed by atoms with Crippen LogP contribution in [0.25, 0.3) is 0 Å². The highest BCUT2D eigenvalue weighted by Crippen LogP contribution is 2.27. The second kappa shape index (κ2) is 8.03. The van der Waals surface area contributed by atoms with Crippen molar-refractivity contribution in [2.75, 3.05) is 24.5 Å². The summed E-state index contributed by atoms with van der Waals surface area (Å²) in [5.74, 6) is 0.333. The number of para-hydroxylation sites is 1. The third-order valence-corrected chi connectivity index (χ3v) is 4.29. The zero-order valence-corrected chi connectivity index (χ0v) is 12.8. The number of amides is 1. The number of likely N-dealkylation sites (N-methyl/N-ethyl adjacent to an activating group) is 1. The van der Waals surface area contributed by atoms with Crippen molar-refractivity contribution in [1.82, 2.24) is 5.32 Å². The van der Waals surface area contributed by atoms with Gasteiger partial charge in [0.1, 0.15) is 0 Å². The fourth-order valence-electron chi connectivity index (χ4n) is 2.98. The van der Waals surface area contributed by atoms with Gasteiger partial charge in [0.25, 0.3) is 0 Å². The van der Waals surface area contributed by atoms with Crippen LogP contribution in [-0.4, -0.2) is 36.8 Å². The van der Waals surface area contributed by atoms with Crippen LogP contribution >= 0.6 is 0 Å². The molecule has 0 aliphatic heterocycles. The van der Waals surface area contributed by atoms with Crippen LogP contribution in [0.1, 0.15) is 32.6 Å². The zero-order valence-electron chi connectivity index (χ0n) is 12.8. The standard InChI is InChI=1S/C17H26N2O2/c1-2-19(15-10-4-3-5-11-15)13-17(21)18-12-16(20)14-8-6-7-9-14/h3-5,10-11,14,16,20H,2,6-9,12-13H2,1H3,(H,18,21). The average Bonchev–Trinajstić information content (AvgIpc) is 3.05. The van der Waals surface area contributed by atoms with Gasteiger partial charge in [-0.05, 0) is 37.8 Å². The molecule has 1 aromatic carbocycles. The van der Waals surface area contributed by atoms with Crippen LogP contribution in [-0.2, 0) is 4.79 Å². The van der Waals surface area contributed by atoms with Gasteiger partial charge in [-0.3, -0.25) is 4.79 Å². The van der Waals surface area contributed by atoms with Crippen LogP contribution in [0.4, 0.5) is 5.69 Å². The number of hydrogen-bond donors (Lipinski definition) is 2. The average molecular weight is 290 g/mol. The Morgan fingerprint density at radius 1 is 1.33 bits per heavy atom. The molecule has 2 rings (SSSR count). The molecule has 21 heavy (non-hydrogen) atoms. The summed E-state index contributed by atoms with van der Waals surface area (Å²) in [6, 6.07) is 9.92. The van der Waals surface area contributed by atoms with Gasteiger partial charge in [-0.15, -0.1) is 0 Å². The first kappa shape index (κ1) is 15.8. The number of hydrogen-bond acceptors (Lipinski definition) is 3. The van der Waals surface area contributed by atoms with E-state index in [9.17, 15) is 9.90 Å². The Labute approximate surface area is 127 Å². The lowest BCUT2D eigenvalue weighted by molar-refractivity contribution is -0.120. The number of anilines is 1. The number of carbonyl (C=O) groups excluding carboxylic acids is 1. The second-order valence-corrected chi connectivity index (χ2v) is 5.77. The summed E-state index contributed by atoms with van der Waals surface area (Å²) < 4.78 is 0. The lowest BCUT2D eigenvalue weighted by Gasteiger charge is -2.23. The molecular formula is C17H26N2O2. The molecular weight excluding hydrogens is 264 g/mol. The van der Waals surface area contributed by atoms with Gasteiger partial charge in [0.05, 0.1) is 12.6 Å². The van der Waals surface area contributed by atoms with Crippen molar-refractivity contribution >= 4 is 11.6 Å². The first-order valence-corrected chi connectivity index (χ1v) is 7.95. The highest BCUT2D eigenvalue weighted by Gasteiger charge is 2.23. The lowest BCUT2D eigenvalue weighted by Crippen LogP contribution is -2.41. The van der Waals surface area contributed by atoms with Crippen molar-refractivity contribution in [1.29, 1.82) is 0 Å². The van der Waals surface area contributed by atoms with E-state index < -0.39 is 6.10 Å². The molecule has 1 unspecified atom stereocenters. The van der Waals surface area contributed by atoms with Crippen molar-refractivity contribution in [3.63, 3.8) is 0 Å². The summed E-state index contributed by atoms with van der Waals surface area (Å²) in [5, 5.41) is 12.9. The summed E-state index contributed by atoms with van der Waals surface area (Å²) in [6.45, 7) is 3.52. The first-order chi connectivity index (χ1) is 10.2. The minimum atomic E-state index is -0.400. The molecule has 4 nitrogen and oxygen atoms in total. The number of aliphatic hydroxyl groups is 1. The molecule has 0 bridgehead atoms. The molecule has 116 valence electrons. The van der Waals surface area contributed by atoms with Crippen LogP contribution in [0.3, 0.4) is 0 Å². The minimum Gasteiger partial charge on any atom is -0.391 e. The van der Waals surface area contributed by atoms with Crippen molar-refractivity contribution in [2.24, 2.45) is 5.92 Å². The SMILES string of the molecule is CCN(CC(=O)NCC(O)C1CCCC1)c1ccccc1. The third-order valence-electron chi connectivity index (χ3n) is 4.29. The van der Waals surface area contributed by atoms with E-state index in [4.69, 9.17) is 0 Å². The number of benzene rings is 1. The Balaban J connectivity index is 1.77. The fraction of sp³-hybridized carbons (Fsp3) is 0.588. The summed E-state index contributed by atoms with van der Waals surface area (Å²) in [7, 11) is 0. The van der Waals surface area contributed by atoms with Gasteiger partial charge in [-0.2, -0.15) is 0 Å². The topological polar surface area (TPSA) is 52.6 Å². The van der Waals surface area contributed by atoms with Crippen molar-refractivity contribution in [3.05, 3.63) is 30.3 Å². The van der Waals surface area contributed by atoms with Crippen molar-refractivity contribution in [2.45, 2.75) is 38.7 Å². The summed E-state index contributed by atoms with van der Waals surface area (Å²) in [4.78, 5) is 14.1. The molecule has 2 N–H and O–H groups in total. The van der Waals surface area contributed by atoms with Gasteiger partial charge in [0, 0.05) is 18.8 Å². The first-order valence-electron chi connectivity index (χ1n) is 7.95. The normalized spacial score (nSPS) is 16.7. The van der Waals surface area contributed by atoms with Crippen LogP contribution < -0.4 is 10.2 Å². The predicted molar refractivity (Wildman–Crippen MR) is 85.3 cm³/mol. The van der Waals surface area contributed by atoms with Crippen LogP contribution in [0.2, 0.25) is 0 Å². The van der Waals surface area contributed by atoms with E-state index in [1.54, 1.807) is 0 Å². The number of rotatable bonds is 7. The summed E-state index contributed by atoms with van der Waals surface area (Å²) in [6.07, 6.45) is 4.17. The number of carbonyl (C=O) groups is 1. The lowest BCUT2D eigenvalue weighted by atomic mass is 10.0. The second-order valence-electron chi connectivity index (χ2n) is 5.77. The Hall–Kier alpha value is -1.55. The number of nitrogens with one attached hydrogen (secondary N) is 1. The maximum absolute atomic E-state index is 12.0. The fourth-order valence-corrected chi connectivity index (χ4v) is 2.98. The zero-order chi connectivity index (χ0) is 15.1. The molecule has 1 aliphatic carbocycles. The highest BCUT2D eigenvalue weighted by molar-refractivity contribution is 5.81. The van der Waals surface area contributed by atoms with E-state index in [1.165, 1.54) is 12.8 Å². The Kier molecular flexibility index (Phi) is 6.05. The summed E-state index contributed by atoms with van der Waals surface area (Å²) in [5.41, 5.74) is 1.05. The van der Waals surface area contributed by atoms with E-state index in [2.05, 4.69) is 5.32 Å². The minimum absolute atomic E-state index is 0.0299. The molecule has 0 spiro atoms. The van der Waals surface area contributed by atoms with Gasteiger partial charge < -0.3 is 15.3 Å². The van der Waals surface area contributed by atoms with Crippen LogP contribution in [0, 0.1) is 5.92 Å². The molecule has 1 amide bonds. The molecule has 0 heterocycles. The van der Waals surface area contributed by atoms with Crippen molar-refractivity contribution < 1.29 is 9.90 Å². The maximum Gasteiger partial charge on any atom is 0.239 e. The Morgan fingerprint density at radius 2 is 2.00 bits per heavy atom. The van der Waals surface area contributed by atoms with E-state index in [0.29, 0.717) is 19.0 Å². The summed E-state index contributed by atoms with van der Waals surface area (Å²) >= 11 is 0. The molecule has 1 atom stereocenters. The van der Waals surface area contributed by atoms with Gasteiger partial charge in [-0.1, -0.05) is 31.0 Å². The van der Waals surface area contributed by atoms with Crippen molar-refractivity contribution in [3.8, 4) is 0 Å². The molecule has 1 saturated carbocycles. The van der Waals surface area contributed by atoms with Gasteiger partial charge in [-0.25, -0.2) is 0 Å². The van der Waals surface area contributed by atoms with Gasteiger partial charge >= 0.3 is 0 Å². The number of nitrogens with zero attached hydrogens (tertiary/aromatic N) is 1. The Bertz CT molecular complexity index is 430. The molecule has 1 aliphatic rings. The monoisotopic (exact) mass is 290 g/mol. The quantitative estimate of drug-likeness (QED) is 0.809. The van der Waals surface area contributed by atoms with Gasteiger partial charge in [0.2, 0.25) is 5.91 Å². The molecule has 0 radical (unpaired) electrons. The molecule has 0 saturated heterocycles. The Morgan fingerprint density at radius 3 is 2.62 bits per heavy atom. The van der Waals surface area contributed by atoms with Gasteiger partial charge in [0.15, 0.2) is 0 Å². The molecule has 4 heteroatoms. The van der Waals surface area contributed by atoms with E-state index in [-0.39, 0.29) is 5.91 Å². The predicted octanol–water partition coefficient (Wildman–Crippen LogP) is 2.18. The third kappa shape index (κ3) is 4.74.